The van der Waals surface area contributed by atoms with E-state index in [1.165, 1.54) is 64.2 Å². The maximum absolute atomic E-state index is 5.50. The van der Waals surface area contributed by atoms with Crippen LogP contribution < -0.4 is 5.73 Å². The Balaban J connectivity index is 1.50. The summed E-state index contributed by atoms with van der Waals surface area (Å²) in [5, 5.41) is 4.26. The van der Waals surface area contributed by atoms with Gasteiger partial charge >= 0.3 is 0 Å². The van der Waals surface area contributed by atoms with Crippen molar-refractivity contribution in [2.45, 2.75) is 78.1 Å². The molecule has 0 radical (unpaired) electrons. The lowest BCUT2D eigenvalue weighted by Gasteiger charge is -2.60. The van der Waals surface area contributed by atoms with Crippen LogP contribution in [-0.2, 0) is 4.84 Å². The molecule has 0 bridgehead atoms. The molecule has 0 heterocycles. The van der Waals surface area contributed by atoms with Crippen LogP contribution in [0.25, 0.3) is 0 Å². The molecule has 4 rings (SSSR count). The summed E-state index contributed by atoms with van der Waals surface area (Å²) in [6.07, 6.45) is 16.7. The van der Waals surface area contributed by atoms with Crippen LogP contribution in [0.2, 0.25) is 0 Å². The molecule has 0 saturated heterocycles. The van der Waals surface area contributed by atoms with Gasteiger partial charge in [-0.2, -0.15) is 0 Å². The van der Waals surface area contributed by atoms with Gasteiger partial charge in [0, 0.05) is 18.7 Å². The van der Waals surface area contributed by atoms with Crippen molar-refractivity contribution in [3.63, 3.8) is 0 Å². The smallest absolute Gasteiger partial charge is 0.129 e. The van der Waals surface area contributed by atoms with Crippen LogP contribution in [0.15, 0.2) is 5.16 Å². The van der Waals surface area contributed by atoms with Gasteiger partial charge in [-0.05, 0) is 85.9 Å². The zero-order chi connectivity index (χ0) is 17.5. The molecule has 0 aliphatic heterocycles. The molecule has 0 aromatic heterocycles. The average Bonchev–Trinajstić information content (AvgIpc) is 2.95. The van der Waals surface area contributed by atoms with Gasteiger partial charge in [0.2, 0.25) is 0 Å². The molecule has 25 heavy (non-hydrogen) atoms. The van der Waals surface area contributed by atoms with Gasteiger partial charge in [0.1, 0.15) is 6.61 Å². The zero-order valence-corrected chi connectivity index (χ0v) is 16.4. The number of hydrogen-bond acceptors (Lipinski definition) is 3. The third kappa shape index (κ3) is 2.85. The summed E-state index contributed by atoms with van der Waals surface area (Å²) in [6.45, 7) is 6.32. The van der Waals surface area contributed by atoms with Gasteiger partial charge in [0.05, 0.1) is 0 Å². The minimum Gasteiger partial charge on any atom is -0.395 e. The largest absolute Gasteiger partial charge is 0.395 e. The van der Waals surface area contributed by atoms with Crippen molar-refractivity contribution in [2.75, 3.05) is 13.2 Å². The van der Waals surface area contributed by atoms with Crippen molar-refractivity contribution in [3.8, 4) is 0 Å². The highest BCUT2D eigenvalue weighted by Gasteiger charge is 2.59. The first-order chi connectivity index (χ1) is 12.1. The fourth-order valence-corrected chi connectivity index (χ4v) is 7.80. The predicted octanol–water partition coefficient (Wildman–Crippen LogP) is 5.00. The summed E-state index contributed by atoms with van der Waals surface area (Å²) in [4.78, 5) is 5.31. The van der Waals surface area contributed by atoms with E-state index in [9.17, 15) is 0 Å². The van der Waals surface area contributed by atoms with Crippen LogP contribution in [0.4, 0.5) is 0 Å². The maximum Gasteiger partial charge on any atom is 0.129 e. The second kappa shape index (κ2) is 6.87. The lowest BCUT2D eigenvalue weighted by Crippen LogP contribution is -2.52. The number of hydrogen-bond donors (Lipinski definition) is 1. The van der Waals surface area contributed by atoms with E-state index in [0.29, 0.717) is 29.9 Å². The van der Waals surface area contributed by atoms with E-state index in [4.69, 9.17) is 10.6 Å². The molecule has 0 aromatic carbocycles. The first-order valence-corrected chi connectivity index (χ1v) is 10.9. The highest BCUT2D eigenvalue weighted by atomic mass is 16.6. The van der Waals surface area contributed by atoms with Gasteiger partial charge in [-0.15, -0.1) is 0 Å². The Morgan fingerprint density at radius 2 is 1.80 bits per heavy atom. The molecule has 2 N–H and O–H groups in total. The van der Waals surface area contributed by atoms with Gasteiger partial charge in [0.25, 0.3) is 0 Å². The average molecular weight is 347 g/mol. The molecular formula is C22H38N2O. The SMILES string of the molecule is C[C@]12CCCC[C@H]1CC[C@@H]1[C@@H]2CC[C@]2(C)[C@@H](C=NOCCN)CC[C@@H]12. The zero-order valence-electron chi connectivity index (χ0n) is 16.4. The van der Waals surface area contributed by atoms with Crippen molar-refractivity contribution in [3.05, 3.63) is 0 Å². The molecule has 4 saturated carbocycles. The van der Waals surface area contributed by atoms with Gasteiger partial charge in [0.15, 0.2) is 0 Å². The Kier molecular flexibility index (Phi) is 4.90. The summed E-state index contributed by atoms with van der Waals surface area (Å²) in [7, 11) is 0. The Hall–Kier alpha value is -0.570. The van der Waals surface area contributed by atoms with Crippen LogP contribution in [0, 0.1) is 40.4 Å². The van der Waals surface area contributed by atoms with Crippen LogP contribution in [0.3, 0.4) is 0 Å². The summed E-state index contributed by atoms with van der Waals surface area (Å²) in [5.74, 6) is 4.51. The number of rotatable bonds is 4. The lowest BCUT2D eigenvalue weighted by molar-refractivity contribution is -0.106. The minimum absolute atomic E-state index is 0.453. The molecule has 7 atom stereocenters. The molecule has 4 aliphatic carbocycles. The fourth-order valence-electron chi connectivity index (χ4n) is 7.80. The summed E-state index contributed by atoms with van der Waals surface area (Å²) >= 11 is 0. The number of fused-ring (bicyclic) bond motifs is 5. The van der Waals surface area contributed by atoms with Crippen LogP contribution >= 0.6 is 0 Å². The first kappa shape index (κ1) is 17.8. The van der Waals surface area contributed by atoms with Crippen molar-refractivity contribution >= 4 is 6.21 Å². The molecule has 4 aliphatic rings. The Bertz CT molecular complexity index is 506. The maximum atomic E-state index is 5.50. The van der Waals surface area contributed by atoms with Gasteiger partial charge in [-0.25, -0.2) is 0 Å². The number of nitrogens with two attached hydrogens (primary N) is 1. The van der Waals surface area contributed by atoms with E-state index in [1.54, 1.807) is 0 Å². The predicted molar refractivity (Wildman–Crippen MR) is 103 cm³/mol. The molecule has 0 amide bonds. The molecule has 0 aromatic rings. The van der Waals surface area contributed by atoms with Gasteiger partial charge in [-0.3, -0.25) is 0 Å². The van der Waals surface area contributed by atoms with Crippen LogP contribution in [0.5, 0.6) is 0 Å². The topological polar surface area (TPSA) is 47.6 Å². The first-order valence-electron chi connectivity index (χ1n) is 10.9. The Labute approximate surface area is 154 Å². The molecule has 4 fully saturated rings. The van der Waals surface area contributed by atoms with E-state index in [1.807, 2.05) is 0 Å². The van der Waals surface area contributed by atoms with Crippen molar-refractivity contribution in [1.29, 1.82) is 0 Å². The number of nitrogens with zero attached hydrogens (tertiary/aromatic N) is 1. The van der Waals surface area contributed by atoms with E-state index in [-0.39, 0.29) is 0 Å². The summed E-state index contributed by atoms with van der Waals surface area (Å²) < 4.78 is 0. The second-order valence-corrected chi connectivity index (χ2v) is 10.0. The third-order valence-electron chi connectivity index (χ3n) is 9.18. The second-order valence-electron chi connectivity index (χ2n) is 10.0. The molecular weight excluding hydrogens is 308 g/mol. The normalized spacial score (nSPS) is 49.5. The van der Waals surface area contributed by atoms with Crippen molar-refractivity contribution < 1.29 is 4.84 Å². The van der Waals surface area contributed by atoms with E-state index in [0.717, 1.165) is 23.7 Å². The Morgan fingerprint density at radius 3 is 2.64 bits per heavy atom. The standard InChI is InChI=1S/C22H38N2O/c1-21-11-4-3-5-16(21)6-8-18-19-9-7-17(15-24-25-14-13-23)22(19,2)12-10-20(18)21/h15-20H,3-14,23H2,1-2H3/t16-,17+,18-,19-,20-,21-,22+/m0/s1. The minimum atomic E-state index is 0.453. The van der Waals surface area contributed by atoms with Crippen molar-refractivity contribution in [1.82, 2.24) is 0 Å². The summed E-state index contributed by atoms with van der Waals surface area (Å²) in [5.41, 5.74) is 6.60. The molecule has 3 heteroatoms. The molecule has 0 spiro atoms. The van der Waals surface area contributed by atoms with Crippen LogP contribution in [-0.4, -0.2) is 19.4 Å². The molecule has 0 unspecified atom stereocenters. The summed E-state index contributed by atoms with van der Waals surface area (Å²) in [6, 6.07) is 0. The van der Waals surface area contributed by atoms with Gasteiger partial charge in [-0.1, -0.05) is 31.8 Å². The van der Waals surface area contributed by atoms with E-state index < -0.39 is 0 Å². The fraction of sp³-hybridized carbons (Fsp3) is 0.955. The van der Waals surface area contributed by atoms with Crippen LogP contribution in [0.1, 0.15) is 78.1 Å². The lowest BCUT2D eigenvalue weighted by atomic mass is 9.45. The van der Waals surface area contributed by atoms with E-state index >= 15 is 0 Å². The molecule has 3 nitrogen and oxygen atoms in total. The highest BCUT2D eigenvalue weighted by molar-refractivity contribution is 5.62. The van der Waals surface area contributed by atoms with Gasteiger partial charge < -0.3 is 10.6 Å². The highest BCUT2D eigenvalue weighted by Crippen LogP contribution is 2.67. The van der Waals surface area contributed by atoms with E-state index in [2.05, 4.69) is 25.2 Å². The third-order valence-corrected chi connectivity index (χ3v) is 9.18. The monoisotopic (exact) mass is 346 g/mol. The Morgan fingerprint density at radius 1 is 0.960 bits per heavy atom. The van der Waals surface area contributed by atoms with Crippen molar-refractivity contribution in [2.24, 2.45) is 51.3 Å². The quantitative estimate of drug-likeness (QED) is 0.442. The molecule has 142 valence electrons. The number of oxime groups is 1.